The highest BCUT2D eigenvalue weighted by Gasteiger charge is 2.24. The first-order valence-corrected chi connectivity index (χ1v) is 7.95. The molecule has 1 saturated heterocycles. The molecule has 0 radical (unpaired) electrons. The minimum atomic E-state index is 0.482. The molecule has 1 unspecified atom stereocenters. The van der Waals surface area contributed by atoms with Gasteiger partial charge in [-0.05, 0) is 37.9 Å². The van der Waals surface area contributed by atoms with E-state index in [0.29, 0.717) is 5.92 Å². The molecule has 2 N–H and O–H groups in total. The van der Waals surface area contributed by atoms with E-state index >= 15 is 0 Å². The predicted molar refractivity (Wildman–Crippen MR) is 86.7 cm³/mol. The van der Waals surface area contributed by atoms with Crippen molar-refractivity contribution in [1.29, 1.82) is 0 Å². The van der Waals surface area contributed by atoms with E-state index < -0.39 is 0 Å². The Morgan fingerprint density at radius 1 is 1.36 bits per heavy atom. The largest absolute Gasteiger partial charge is 0.348 e. The summed E-state index contributed by atoms with van der Waals surface area (Å²) in [7, 11) is 0. The van der Waals surface area contributed by atoms with Crippen LogP contribution in [0.15, 0.2) is 30.6 Å². The number of hydrogen-bond acceptors (Lipinski definition) is 3. The summed E-state index contributed by atoms with van der Waals surface area (Å²) in [4.78, 5) is 18.4. The van der Waals surface area contributed by atoms with Crippen molar-refractivity contribution in [2.24, 2.45) is 0 Å². The fraction of sp³-hybridized carbons (Fsp3) is 0.412. The Kier molecular flexibility index (Phi) is 3.42. The van der Waals surface area contributed by atoms with E-state index in [-0.39, 0.29) is 0 Å². The Morgan fingerprint density at radius 2 is 2.32 bits per heavy atom. The molecule has 1 atom stereocenters. The van der Waals surface area contributed by atoms with Gasteiger partial charge in [-0.1, -0.05) is 12.1 Å². The minimum absolute atomic E-state index is 0.482. The summed E-state index contributed by atoms with van der Waals surface area (Å²) in [6.07, 6.45) is 6.12. The molecule has 4 rings (SSSR count). The van der Waals surface area contributed by atoms with Crippen molar-refractivity contribution in [3.8, 4) is 0 Å². The van der Waals surface area contributed by atoms with E-state index in [1.807, 2.05) is 12.4 Å². The van der Waals surface area contributed by atoms with E-state index in [1.54, 1.807) is 0 Å². The molecule has 5 nitrogen and oxygen atoms in total. The fourth-order valence-corrected chi connectivity index (χ4v) is 3.41. The zero-order valence-electron chi connectivity index (χ0n) is 12.8. The van der Waals surface area contributed by atoms with Crippen LogP contribution in [-0.4, -0.2) is 37.9 Å². The minimum Gasteiger partial charge on any atom is -0.348 e. The van der Waals surface area contributed by atoms with Crippen LogP contribution in [0.2, 0.25) is 0 Å². The monoisotopic (exact) mass is 295 g/mol. The van der Waals surface area contributed by atoms with Crippen LogP contribution in [-0.2, 0) is 6.54 Å². The van der Waals surface area contributed by atoms with Gasteiger partial charge in [-0.2, -0.15) is 0 Å². The van der Waals surface area contributed by atoms with Crippen LogP contribution in [0.3, 0.4) is 0 Å². The summed E-state index contributed by atoms with van der Waals surface area (Å²) >= 11 is 0. The quantitative estimate of drug-likeness (QED) is 0.781. The van der Waals surface area contributed by atoms with Gasteiger partial charge >= 0.3 is 0 Å². The average Bonchev–Trinajstić information content (AvgIpc) is 3.17. The van der Waals surface area contributed by atoms with Crippen LogP contribution in [0.5, 0.6) is 0 Å². The van der Waals surface area contributed by atoms with Gasteiger partial charge in [-0.15, -0.1) is 0 Å². The molecule has 0 amide bonds. The first-order valence-electron chi connectivity index (χ1n) is 7.95. The van der Waals surface area contributed by atoms with Gasteiger partial charge < -0.3 is 9.97 Å². The molecule has 1 fully saturated rings. The molecule has 0 saturated carbocycles. The van der Waals surface area contributed by atoms with Crippen LogP contribution in [0.25, 0.3) is 11.0 Å². The van der Waals surface area contributed by atoms with Gasteiger partial charge in [0, 0.05) is 24.9 Å². The van der Waals surface area contributed by atoms with Crippen molar-refractivity contribution in [3.63, 3.8) is 0 Å². The summed E-state index contributed by atoms with van der Waals surface area (Å²) in [5, 5.41) is 0. The lowest BCUT2D eigenvalue weighted by Crippen LogP contribution is -2.34. The highest BCUT2D eigenvalue weighted by atomic mass is 15.2. The molecule has 1 aliphatic rings. The lowest BCUT2D eigenvalue weighted by atomic mass is 9.97. The Bertz CT molecular complexity index is 759. The van der Waals surface area contributed by atoms with Crippen LogP contribution < -0.4 is 0 Å². The van der Waals surface area contributed by atoms with Crippen molar-refractivity contribution in [1.82, 2.24) is 24.8 Å². The third kappa shape index (κ3) is 2.52. The Balaban J connectivity index is 1.54. The molecule has 1 aliphatic heterocycles. The second-order valence-electron chi connectivity index (χ2n) is 6.20. The Labute approximate surface area is 129 Å². The topological polar surface area (TPSA) is 60.6 Å². The van der Waals surface area contributed by atoms with E-state index in [1.165, 1.54) is 18.4 Å². The average molecular weight is 295 g/mol. The van der Waals surface area contributed by atoms with Crippen molar-refractivity contribution < 1.29 is 0 Å². The number of nitrogens with zero attached hydrogens (tertiary/aromatic N) is 3. The fourth-order valence-electron chi connectivity index (χ4n) is 3.41. The summed E-state index contributed by atoms with van der Waals surface area (Å²) < 4.78 is 0. The highest BCUT2D eigenvalue weighted by molar-refractivity contribution is 5.78. The van der Waals surface area contributed by atoms with Crippen LogP contribution in [0.4, 0.5) is 0 Å². The summed E-state index contributed by atoms with van der Waals surface area (Å²) in [5.41, 5.74) is 3.50. The van der Waals surface area contributed by atoms with Crippen molar-refractivity contribution in [2.45, 2.75) is 32.2 Å². The van der Waals surface area contributed by atoms with Crippen molar-refractivity contribution in [3.05, 3.63) is 47.8 Å². The second kappa shape index (κ2) is 5.57. The first-order chi connectivity index (χ1) is 10.8. The van der Waals surface area contributed by atoms with Crippen molar-refractivity contribution in [2.75, 3.05) is 13.1 Å². The summed E-state index contributed by atoms with van der Waals surface area (Å²) in [6.45, 7) is 5.19. The number of rotatable bonds is 3. The maximum atomic E-state index is 4.86. The number of benzene rings is 1. The van der Waals surface area contributed by atoms with E-state index in [4.69, 9.17) is 4.98 Å². The number of para-hydroxylation sites is 1. The normalized spacial score (nSPS) is 19.8. The van der Waals surface area contributed by atoms with Gasteiger partial charge in [-0.3, -0.25) is 4.90 Å². The molecule has 3 aromatic rings. The smallest absolute Gasteiger partial charge is 0.120 e. The van der Waals surface area contributed by atoms with Gasteiger partial charge in [0.25, 0.3) is 0 Å². The number of piperidine rings is 1. The Morgan fingerprint density at radius 3 is 3.14 bits per heavy atom. The maximum absolute atomic E-state index is 4.86. The molecule has 0 spiro atoms. The zero-order valence-corrected chi connectivity index (χ0v) is 12.8. The number of likely N-dealkylation sites (tertiary alicyclic amines) is 1. The predicted octanol–water partition coefficient (Wildman–Crippen LogP) is 2.97. The number of H-pyrrole nitrogens is 2. The van der Waals surface area contributed by atoms with Gasteiger partial charge in [0.05, 0.1) is 17.6 Å². The zero-order chi connectivity index (χ0) is 14.9. The van der Waals surface area contributed by atoms with E-state index in [0.717, 1.165) is 42.3 Å². The van der Waals surface area contributed by atoms with Gasteiger partial charge in [0.15, 0.2) is 0 Å². The second-order valence-corrected chi connectivity index (χ2v) is 6.20. The lowest BCUT2D eigenvalue weighted by molar-refractivity contribution is 0.193. The Hall–Kier alpha value is -2.14. The van der Waals surface area contributed by atoms with Crippen LogP contribution >= 0.6 is 0 Å². The maximum Gasteiger partial charge on any atom is 0.120 e. The SMILES string of the molecule is Cc1cccc2[nH]c(C3CCCN(Cc4ncc[nH]4)C3)nc12. The molecule has 114 valence electrons. The molecule has 5 heteroatoms. The number of aromatic nitrogens is 4. The number of aromatic amines is 2. The lowest BCUT2D eigenvalue weighted by Gasteiger charge is -2.31. The molecule has 22 heavy (non-hydrogen) atoms. The van der Waals surface area contributed by atoms with Crippen LogP contribution in [0, 0.1) is 6.92 Å². The van der Waals surface area contributed by atoms with E-state index in [2.05, 4.69) is 45.0 Å². The molecule has 2 aromatic heterocycles. The molecule has 1 aromatic carbocycles. The standard InChI is InChI=1S/C17H21N5/c1-12-4-2-6-14-16(12)21-17(20-14)13-5-3-9-22(10-13)11-15-18-7-8-19-15/h2,4,6-8,13H,3,5,9-11H2,1H3,(H,18,19)(H,20,21). The van der Waals surface area contributed by atoms with E-state index in [9.17, 15) is 0 Å². The van der Waals surface area contributed by atoms with Crippen molar-refractivity contribution >= 4 is 11.0 Å². The molecule has 0 aliphatic carbocycles. The first kappa shape index (κ1) is 13.5. The highest BCUT2D eigenvalue weighted by Crippen LogP contribution is 2.28. The summed E-state index contributed by atoms with van der Waals surface area (Å²) in [5.74, 6) is 2.66. The third-order valence-electron chi connectivity index (χ3n) is 4.55. The van der Waals surface area contributed by atoms with Gasteiger partial charge in [0.2, 0.25) is 0 Å². The number of hydrogen-bond donors (Lipinski definition) is 2. The van der Waals surface area contributed by atoms with Gasteiger partial charge in [0.1, 0.15) is 11.6 Å². The molecule has 0 bridgehead atoms. The van der Waals surface area contributed by atoms with Crippen LogP contribution in [0.1, 0.15) is 36.0 Å². The molecular formula is C17H21N5. The molecular weight excluding hydrogens is 274 g/mol. The van der Waals surface area contributed by atoms with Gasteiger partial charge in [-0.25, -0.2) is 9.97 Å². The summed E-state index contributed by atoms with van der Waals surface area (Å²) in [6, 6.07) is 6.32. The number of nitrogens with one attached hydrogen (secondary N) is 2. The molecule has 3 heterocycles. The third-order valence-corrected chi connectivity index (χ3v) is 4.55. The number of aryl methyl sites for hydroxylation is 1. The number of imidazole rings is 2. The number of fused-ring (bicyclic) bond motifs is 1.